The van der Waals surface area contributed by atoms with Crippen LogP contribution in [0.4, 0.5) is 30.2 Å². The lowest BCUT2D eigenvalue weighted by Crippen LogP contribution is -2.10. The smallest absolute Gasteiger partial charge is 0.309 e. The normalized spacial score (nSPS) is 11.4. The first kappa shape index (κ1) is 37.4. The molecule has 0 saturated heterocycles. The molecule has 0 amide bonds. The van der Waals surface area contributed by atoms with Crippen molar-refractivity contribution < 1.29 is 13.2 Å². The number of nitrogens with zero attached hydrogens (tertiary/aromatic N) is 6. The molecule has 290 valence electrons. The molecule has 0 atom stereocenters. The van der Waals surface area contributed by atoms with Crippen molar-refractivity contribution in [3.8, 4) is 50.8 Å². The summed E-state index contributed by atoms with van der Waals surface area (Å²) < 4.78 is 49.8. The summed E-state index contributed by atoms with van der Waals surface area (Å²) >= 11 is 0. The third-order valence-electron chi connectivity index (χ3n) is 11.5. The monoisotopic (exact) mass is 804 g/mol. The van der Waals surface area contributed by atoms with Crippen LogP contribution in [-0.4, -0.2) is 9.13 Å². The van der Waals surface area contributed by atoms with Gasteiger partial charge in [-0.3, -0.25) is 0 Å². The highest BCUT2D eigenvalue weighted by Gasteiger charge is 2.36. The maximum Gasteiger partial charge on any atom is 0.415 e. The number of hydrogen-bond acceptors (Lipinski definition) is 1. The Morgan fingerprint density at radius 1 is 0.452 bits per heavy atom. The Balaban J connectivity index is 1.37. The molecule has 10 aromatic rings. The molecule has 0 N–H and O–H groups in total. The van der Waals surface area contributed by atoms with Crippen LogP contribution in [-0.2, 0) is 6.18 Å². The molecule has 10 rings (SSSR count). The molecular formula is C53H27F3N6. The molecule has 0 radical (unpaired) electrons. The molecule has 2 heterocycles. The molecule has 0 bridgehead atoms. The molecule has 2 aromatic heterocycles. The summed E-state index contributed by atoms with van der Waals surface area (Å²) in [4.78, 5) is 11.1. The summed E-state index contributed by atoms with van der Waals surface area (Å²) in [6.45, 7) is 23.9. The summed E-state index contributed by atoms with van der Waals surface area (Å²) in [5.41, 5.74) is 5.81. The molecule has 0 aliphatic heterocycles. The Kier molecular flexibility index (Phi) is 8.70. The van der Waals surface area contributed by atoms with Gasteiger partial charge < -0.3 is 9.13 Å². The van der Waals surface area contributed by atoms with Gasteiger partial charge in [0.25, 0.3) is 0 Å². The Morgan fingerprint density at radius 2 is 0.919 bits per heavy atom. The molecule has 8 aromatic carbocycles. The number of para-hydroxylation sites is 4. The van der Waals surface area contributed by atoms with E-state index in [9.17, 15) is 5.26 Å². The molecule has 0 aliphatic rings. The highest BCUT2D eigenvalue weighted by molar-refractivity contribution is 6.13. The SMILES string of the molecule is [C-]#[N+]c1ccccc1-c1ccc2c3ccccc3n(-c3cc(-c4c([N+]#[C-])cccc4C(F)(F)F)c(-n4c5ccccc5c5ccc(-c6ccccc6[N+]#[C-])cc54)cc3C#N)c2c1. The van der Waals surface area contributed by atoms with E-state index in [1.165, 1.54) is 12.1 Å². The number of fused-ring (bicyclic) bond motifs is 6. The van der Waals surface area contributed by atoms with Crippen molar-refractivity contribution in [3.05, 3.63) is 209 Å². The van der Waals surface area contributed by atoms with Crippen molar-refractivity contribution in [3.63, 3.8) is 0 Å². The van der Waals surface area contributed by atoms with Gasteiger partial charge in [-0.05, 0) is 64.2 Å². The predicted octanol–water partition coefficient (Wildman–Crippen LogP) is 15.4. The molecular weight excluding hydrogens is 778 g/mol. The number of aromatic nitrogens is 2. The van der Waals surface area contributed by atoms with Gasteiger partial charge in [0.1, 0.15) is 6.07 Å². The third kappa shape index (κ3) is 5.77. The van der Waals surface area contributed by atoms with Crippen LogP contribution in [0.15, 0.2) is 164 Å². The van der Waals surface area contributed by atoms with E-state index in [0.717, 1.165) is 38.7 Å². The van der Waals surface area contributed by atoms with Crippen molar-refractivity contribution in [1.29, 1.82) is 5.26 Å². The van der Waals surface area contributed by atoms with Gasteiger partial charge in [-0.15, -0.1) is 0 Å². The van der Waals surface area contributed by atoms with E-state index in [1.807, 2.05) is 118 Å². The fraction of sp³-hybridized carbons (Fsp3) is 0.0189. The van der Waals surface area contributed by atoms with Gasteiger partial charge in [-0.25, -0.2) is 14.5 Å². The van der Waals surface area contributed by atoms with Crippen LogP contribution in [0.3, 0.4) is 0 Å². The summed E-state index contributed by atoms with van der Waals surface area (Å²) in [6.07, 6.45) is -4.85. The quantitative estimate of drug-likeness (QED) is 0.160. The molecule has 0 fully saturated rings. The van der Waals surface area contributed by atoms with Gasteiger partial charge >= 0.3 is 6.18 Å². The lowest BCUT2D eigenvalue weighted by atomic mass is 9.93. The largest absolute Gasteiger partial charge is 0.415 e. The Bertz CT molecular complexity index is 3690. The number of hydrogen-bond donors (Lipinski definition) is 0. The molecule has 0 aliphatic carbocycles. The first-order chi connectivity index (χ1) is 30.2. The fourth-order valence-electron chi connectivity index (χ4n) is 8.81. The van der Waals surface area contributed by atoms with Crippen LogP contribution < -0.4 is 0 Å². The number of nitriles is 1. The average Bonchev–Trinajstić information content (AvgIpc) is 3.82. The number of alkyl halides is 3. The van der Waals surface area contributed by atoms with Crippen LogP contribution in [0.2, 0.25) is 0 Å². The zero-order valence-electron chi connectivity index (χ0n) is 32.4. The second-order valence-electron chi connectivity index (χ2n) is 14.7. The number of halogens is 3. The van der Waals surface area contributed by atoms with Crippen LogP contribution in [0, 0.1) is 31.0 Å². The van der Waals surface area contributed by atoms with E-state index >= 15 is 13.2 Å². The van der Waals surface area contributed by atoms with Crippen molar-refractivity contribution in [2.24, 2.45) is 0 Å². The van der Waals surface area contributed by atoms with E-state index in [1.54, 1.807) is 36.4 Å². The second kappa shape index (κ2) is 14.4. The van der Waals surface area contributed by atoms with Crippen molar-refractivity contribution in [1.82, 2.24) is 9.13 Å². The van der Waals surface area contributed by atoms with E-state index in [0.29, 0.717) is 50.3 Å². The zero-order valence-corrected chi connectivity index (χ0v) is 32.4. The number of benzene rings is 8. The number of rotatable bonds is 5. The van der Waals surface area contributed by atoms with Crippen LogP contribution in [0.25, 0.3) is 103 Å². The zero-order chi connectivity index (χ0) is 42.7. The Hall–Kier alpha value is -8.89. The minimum Gasteiger partial charge on any atom is -0.309 e. The minimum absolute atomic E-state index is 0.0907. The van der Waals surface area contributed by atoms with Gasteiger partial charge in [-0.1, -0.05) is 127 Å². The predicted molar refractivity (Wildman–Crippen MR) is 240 cm³/mol. The minimum atomic E-state index is -4.85. The van der Waals surface area contributed by atoms with Crippen molar-refractivity contribution >= 4 is 60.7 Å². The van der Waals surface area contributed by atoms with Crippen molar-refractivity contribution in [2.45, 2.75) is 6.18 Å². The second-order valence-corrected chi connectivity index (χ2v) is 14.7. The molecule has 0 saturated carbocycles. The molecule has 62 heavy (non-hydrogen) atoms. The standard InChI is InChI=1S/C53H27F3N6/c1-58-43-18-8-4-13-35(43)32-23-25-39-37-15-6-10-21-46(37)61(49(39)27-32)48-30-41(52-42(53(54,55)56)17-12-20-45(52)60-3)51(29-34(48)31-57)62-47-22-11-7-16-38(47)40-26-24-33(28-50(40)62)36-14-5-9-19-44(36)59-2/h4-30H. The van der Waals surface area contributed by atoms with Crippen molar-refractivity contribution in [2.75, 3.05) is 0 Å². The topological polar surface area (TPSA) is 46.7 Å². The van der Waals surface area contributed by atoms with E-state index in [4.69, 9.17) is 19.7 Å². The summed E-state index contributed by atoms with van der Waals surface area (Å²) in [6, 6.07) is 50.6. The van der Waals surface area contributed by atoms with Crippen LogP contribution in [0.5, 0.6) is 0 Å². The molecule has 0 unspecified atom stereocenters. The third-order valence-corrected chi connectivity index (χ3v) is 11.5. The summed E-state index contributed by atoms with van der Waals surface area (Å²) in [5.74, 6) is 0. The average molecular weight is 805 g/mol. The van der Waals surface area contributed by atoms with Crippen LogP contribution >= 0.6 is 0 Å². The first-order valence-corrected chi connectivity index (χ1v) is 19.4. The molecule has 9 heteroatoms. The maximum atomic E-state index is 15.3. The lowest BCUT2D eigenvalue weighted by Gasteiger charge is -2.22. The summed E-state index contributed by atoms with van der Waals surface area (Å²) in [5, 5.41) is 14.5. The maximum absolute atomic E-state index is 15.3. The van der Waals surface area contributed by atoms with Gasteiger partial charge in [0.15, 0.2) is 17.1 Å². The Morgan fingerprint density at radius 3 is 1.44 bits per heavy atom. The van der Waals surface area contributed by atoms with Gasteiger partial charge in [-0.2, -0.15) is 18.4 Å². The van der Waals surface area contributed by atoms with Gasteiger partial charge in [0.05, 0.1) is 64.3 Å². The molecule has 6 nitrogen and oxygen atoms in total. The highest BCUT2D eigenvalue weighted by atomic mass is 19.4. The van der Waals surface area contributed by atoms with E-state index in [-0.39, 0.29) is 28.1 Å². The van der Waals surface area contributed by atoms with Crippen LogP contribution in [0.1, 0.15) is 11.1 Å². The lowest BCUT2D eigenvalue weighted by molar-refractivity contribution is -0.137. The molecule has 0 spiro atoms. The fourth-order valence-corrected chi connectivity index (χ4v) is 8.81. The summed E-state index contributed by atoms with van der Waals surface area (Å²) in [7, 11) is 0. The highest BCUT2D eigenvalue weighted by Crippen LogP contribution is 2.48. The van der Waals surface area contributed by atoms with E-state index < -0.39 is 11.7 Å². The van der Waals surface area contributed by atoms with Gasteiger partial charge in [0, 0.05) is 27.1 Å². The van der Waals surface area contributed by atoms with E-state index in [2.05, 4.69) is 20.6 Å². The first-order valence-electron chi connectivity index (χ1n) is 19.4. The Labute approximate surface area is 353 Å². The van der Waals surface area contributed by atoms with Gasteiger partial charge in [0.2, 0.25) is 0 Å².